The Bertz CT molecular complexity index is 1140. The van der Waals surface area contributed by atoms with Gasteiger partial charge in [-0.05, 0) is 23.4 Å². The van der Waals surface area contributed by atoms with E-state index >= 15 is 0 Å². The number of benzene rings is 2. The highest BCUT2D eigenvalue weighted by Gasteiger charge is 2.30. The zero-order valence-electron chi connectivity index (χ0n) is 15.9. The van der Waals surface area contributed by atoms with Gasteiger partial charge in [0.15, 0.2) is 0 Å². The van der Waals surface area contributed by atoms with Gasteiger partial charge in [-0.2, -0.15) is 9.10 Å². The quantitative estimate of drug-likeness (QED) is 0.599. The molecule has 4 rings (SSSR count). The van der Waals surface area contributed by atoms with E-state index in [1.54, 1.807) is 4.90 Å². The van der Waals surface area contributed by atoms with Crippen molar-refractivity contribution in [1.82, 2.24) is 29.4 Å². The van der Waals surface area contributed by atoms with E-state index in [2.05, 4.69) is 15.4 Å². The molecule has 11 heteroatoms. The third-order valence-corrected chi connectivity index (χ3v) is 6.68. The number of aromatic nitrogens is 4. The van der Waals surface area contributed by atoms with Crippen LogP contribution in [0.25, 0.3) is 11.4 Å². The first-order chi connectivity index (χ1) is 14.4. The van der Waals surface area contributed by atoms with Crippen LogP contribution in [-0.4, -0.2) is 69.9 Å². The summed E-state index contributed by atoms with van der Waals surface area (Å²) in [5.74, 6) is -0.413. The molecule has 0 aliphatic carbocycles. The van der Waals surface area contributed by atoms with Gasteiger partial charge in [-0.1, -0.05) is 36.4 Å². The molecule has 2 heterocycles. The number of rotatable bonds is 5. The van der Waals surface area contributed by atoms with Gasteiger partial charge in [0, 0.05) is 31.7 Å². The van der Waals surface area contributed by atoms with Gasteiger partial charge >= 0.3 is 0 Å². The largest absolute Gasteiger partial charge is 0.338 e. The van der Waals surface area contributed by atoms with Crippen molar-refractivity contribution < 1.29 is 17.6 Å². The molecule has 0 spiro atoms. The lowest BCUT2D eigenvalue weighted by atomic mass is 10.2. The molecule has 0 unspecified atom stereocenters. The highest BCUT2D eigenvalue weighted by Crippen LogP contribution is 2.18. The topological polar surface area (TPSA) is 101 Å². The molecular formula is C19H19FN6O3S. The van der Waals surface area contributed by atoms with Gasteiger partial charge in [-0.25, -0.2) is 12.8 Å². The van der Waals surface area contributed by atoms with Crippen molar-refractivity contribution in [1.29, 1.82) is 0 Å². The van der Waals surface area contributed by atoms with Crippen molar-refractivity contribution in [2.75, 3.05) is 26.2 Å². The van der Waals surface area contributed by atoms with Crippen molar-refractivity contribution in [3.05, 3.63) is 60.4 Å². The fourth-order valence-corrected chi connectivity index (χ4v) is 4.64. The number of hydrogen-bond donors (Lipinski definition) is 0. The van der Waals surface area contributed by atoms with E-state index in [0.717, 1.165) is 11.6 Å². The summed E-state index contributed by atoms with van der Waals surface area (Å²) >= 11 is 0. The van der Waals surface area contributed by atoms with Gasteiger partial charge in [0.1, 0.15) is 12.4 Å². The Labute approximate surface area is 172 Å². The summed E-state index contributed by atoms with van der Waals surface area (Å²) in [6.45, 7) is 0.632. The van der Waals surface area contributed by atoms with Crippen LogP contribution in [0.2, 0.25) is 0 Å². The van der Waals surface area contributed by atoms with Crippen LogP contribution in [0, 0.1) is 5.82 Å². The maximum Gasteiger partial charge on any atom is 0.246 e. The zero-order chi connectivity index (χ0) is 21.1. The molecule has 0 radical (unpaired) electrons. The molecule has 0 atom stereocenters. The second-order valence-corrected chi connectivity index (χ2v) is 8.69. The summed E-state index contributed by atoms with van der Waals surface area (Å²) in [5, 5.41) is 12.1. The first-order valence-electron chi connectivity index (χ1n) is 9.30. The highest BCUT2D eigenvalue weighted by atomic mass is 32.2. The lowest BCUT2D eigenvalue weighted by Gasteiger charge is -2.33. The lowest BCUT2D eigenvalue weighted by molar-refractivity contribution is -0.133. The standard InChI is InChI=1S/C19H19FN6O3S/c20-16-7-4-8-17(13-16)30(28,29)25-11-9-24(10-12-25)18(27)14-26-22-19(21-23-26)15-5-2-1-3-6-15/h1-8,13H,9-12,14H2. The summed E-state index contributed by atoms with van der Waals surface area (Å²) in [4.78, 5) is 15.3. The predicted octanol–water partition coefficient (Wildman–Crippen LogP) is 1.01. The van der Waals surface area contributed by atoms with Crippen molar-refractivity contribution in [3.63, 3.8) is 0 Å². The van der Waals surface area contributed by atoms with Crippen LogP contribution >= 0.6 is 0 Å². The van der Waals surface area contributed by atoms with Gasteiger partial charge in [0.2, 0.25) is 21.8 Å². The average Bonchev–Trinajstić information content (AvgIpc) is 3.23. The van der Waals surface area contributed by atoms with Gasteiger partial charge < -0.3 is 4.90 Å². The van der Waals surface area contributed by atoms with Gasteiger partial charge in [-0.3, -0.25) is 4.79 Å². The Kier molecular flexibility index (Phi) is 5.55. The molecule has 1 amide bonds. The van der Waals surface area contributed by atoms with Crippen molar-refractivity contribution in [2.45, 2.75) is 11.4 Å². The van der Waals surface area contributed by atoms with E-state index in [1.165, 1.54) is 27.3 Å². The maximum atomic E-state index is 13.4. The van der Waals surface area contributed by atoms with Crippen LogP contribution < -0.4 is 0 Å². The van der Waals surface area contributed by atoms with Crippen molar-refractivity contribution in [2.24, 2.45) is 0 Å². The van der Waals surface area contributed by atoms with Gasteiger partial charge in [0.25, 0.3) is 0 Å². The Balaban J connectivity index is 1.36. The normalized spacial score (nSPS) is 15.3. The average molecular weight is 430 g/mol. The summed E-state index contributed by atoms with van der Waals surface area (Å²) < 4.78 is 40.0. The smallest absolute Gasteiger partial charge is 0.246 e. The fraction of sp³-hybridized carbons (Fsp3) is 0.263. The Morgan fingerprint density at radius 3 is 2.43 bits per heavy atom. The molecule has 1 saturated heterocycles. The molecule has 1 aliphatic heterocycles. The highest BCUT2D eigenvalue weighted by molar-refractivity contribution is 7.89. The minimum Gasteiger partial charge on any atom is -0.338 e. The molecular weight excluding hydrogens is 411 g/mol. The molecule has 0 bridgehead atoms. The second kappa shape index (κ2) is 8.28. The molecule has 9 nitrogen and oxygen atoms in total. The van der Waals surface area contributed by atoms with Crippen LogP contribution in [0.5, 0.6) is 0 Å². The van der Waals surface area contributed by atoms with Crippen molar-refractivity contribution >= 4 is 15.9 Å². The van der Waals surface area contributed by atoms with Crippen LogP contribution in [0.15, 0.2) is 59.5 Å². The van der Waals surface area contributed by atoms with Crippen LogP contribution in [0.4, 0.5) is 4.39 Å². The number of piperazine rings is 1. The number of carbonyl (C=O) groups excluding carboxylic acids is 1. The zero-order valence-corrected chi connectivity index (χ0v) is 16.7. The number of sulfonamides is 1. The Hall–Kier alpha value is -3.18. The van der Waals surface area contributed by atoms with E-state index < -0.39 is 15.8 Å². The SMILES string of the molecule is O=C(Cn1nnc(-c2ccccc2)n1)N1CCN(S(=O)(=O)c2cccc(F)c2)CC1. The number of tetrazole rings is 1. The number of halogens is 1. The number of hydrogen-bond acceptors (Lipinski definition) is 6. The molecule has 156 valence electrons. The minimum atomic E-state index is -3.80. The first kappa shape index (κ1) is 20.1. The van der Waals surface area contributed by atoms with Crippen LogP contribution in [0.3, 0.4) is 0 Å². The molecule has 0 N–H and O–H groups in total. The molecule has 3 aromatic rings. The van der Waals surface area contributed by atoms with E-state index in [0.29, 0.717) is 5.82 Å². The van der Waals surface area contributed by atoms with Crippen LogP contribution in [-0.2, 0) is 21.4 Å². The Morgan fingerprint density at radius 2 is 1.73 bits per heavy atom. The monoisotopic (exact) mass is 430 g/mol. The lowest BCUT2D eigenvalue weighted by Crippen LogP contribution is -2.51. The Morgan fingerprint density at radius 1 is 1.00 bits per heavy atom. The minimum absolute atomic E-state index is 0.0868. The van der Waals surface area contributed by atoms with Crippen molar-refractivity contribution in [3.8, 4) is 11.4 Å². The van der Waals surface area contributed by atoms with E-state index in [-0.39, 0.29) is 43.5 Å². The fourth-order valence-electron chi connectivity index (χ4n) is 3.19. The number of nitrogens with zero attached hydrogens (tertiary/aromatic N) is 6. The van der Waals surface area contributed by atoms with Crippen LogP contribution in [0.1, 0.15) is 0 Å². The second-order valence-electron chi connectivity index (χ2n) is 6.75. The number of carbonyl (C=O) groups is 1. The summed E-state index contributed by atoms with van der Waals surface area (Å²) in [6, 6.07) is 14.2. The maximum absolute atomic E-state index is 13.4. The van der Waals surface area contributed by atoms with Gasteiger partial charge in [0.05, 0.1) is 4.90 Å². The molecule has 2 aromatic carbocycles. The third kappa shape index (κ3) is 4.21. The molecule has 1 aliphatic rings. The molecule has 30 heavy (non-hydrogen) atoms. The number of amides is 1. The van der Waals surface area contributed by atoms with Gasteiger partial charge in [-0.15, -0.1) is 10.2 Å². The summed E-state index contributed by atoms with van der Waals surface area (Å²) in [6.07, 6.45) is 0. The summed E-state index contributed by atoms with van der Waals surface area (Å²) in [5.41, 5.74) is 0.798. The molecule has 1 aromatic heterocycles. The third-order valence-electron chi connectivity index (χ3n) is 4.79. The van der Waals surface area contributed by atoms with E-state index in [4.69, 9.17) is 0 Å². The predicted molar refractivity (Wildman–Crippen MR) is 105 cm³/mol. The molecule has 0 saturated carbocycles. The summed E-state index contributed by atoms with van der Waals surface area (Å²) in [7, 11) is -3.80. The molecule has 1 fully saturated rings. The van der Waals surface area contributed by atoms with E-state index in [1.807, 2.05) is 30.3 Å². The van der Waals surface area contributed by atoms with E-state index in [9.17, 15) is 17.6 Å². The first-order valence-corrected chi connectivity index (χ1v) is 10.7.